The van der Waals surface area contributed by atoms with Crippen LogP contribution >= 0.6 is 35.4 Å². The number of hydrogen-bond acceptors (Lipinski definition) is 4. The molecule has 0 saturated carbocycles. The minimum absolute atomic E-state index is 0.0136. The van der Waals surface area contributed by atoms with Crippen molar-refractivity contribution in [2.45, 2.75) is 0 Å². The fourth-order valence-corrected chi connectivity index (χ4v) is 2.87. The molecule has 3 rings (SSSR count). The summed E-state index contributed by atoms with van der Waals surface area (Å²) in [5, 5.41) is 3.48. The minimum Gasteiger partial charge on any atom is -0.301 e. The van der Waals surface area contributed by atoms with Gasteiger partial charge in [-0.25, -0.2) is 0 Å². The lowest BCUT2D eigenvalue weighted by Gasteiger charge is -2.30. The Morgan fingerprint density at radius 2 is 1.76 bits per heavy atom. The van der Waals surface area contributed by atoms with Gasteiger partial charge in [-0.15, -0.1) is 0 Å². The Kier molecular flexibility index (Phi) is 5.13. The van der Waals surface area contributed by atoms with Crippen molar-refractivity contribution in [2.24, 2.45) is 10.9 Å². The molecule has 0 aromatic heterocycles. The second-order valence-corrected chi connectivity index (χ2v) is 6.38. The average molecular weight is 392 g/mol. The molecule has 1 N–H and O–H groups in total. The van der Waals surface area contributed by atoms with Crippen LogP contribution in [0.2, 0.25) is 10.0 Å². The molecule has 8 heteroatoms. The highest BCUT2D eigenvalue weighted by Crippen LogP contribution is 2.25. The van der Waals surface area contributed by atoms with Crippen LogP contribution in [0, 0.1) is 5.92 Å². The summed E-state index contributed by atoms with van der Waals surface area (Å²) < 4.78 is 0. The van der Waals surface area contributed by atoms with E-state index in [1.807, 2.05) is 0 Å². The van der Waals surface area contributed by atoms with Crippen LogP contribution < -0.4 is 10.2 Å². The smallest absolute Gasteiger partial charge is 0.251 e. The monoisotopic (exact) mass is 391 g/mol. The number of rotatable bonds is 3. The molecule has 0 bridgehead atoms. The van der Waals surface area contributed by atoms with E-state index in [-0.39, 0.29) is 5.11 Å². The third-order valence-corrected chi connectivity index (χ3v) is 4.36. The van der Waals surface area contributed by atoms with E-state index in [0.717, 1.165) is 0 Å². The summed E-state index contributed by atoms with van der Waals surface area (Å²) in [5.41, 5.74) is 0.978. The molecule has 0 radical (unpaired) electrons. The van der Waals surface area contributed by atoms with E-state index in [9.17, 15) is 9.59 Å². The number of para-hydroxylation sites is 1. The van der Waals surface area contributed by atoms with E-state index >= 15 is 0 Å². The van der Waals surface area contributed by atoms with E-state index in [1.165, 1.54) is 11.1 Å². The lowest BCUT2D eigenvalue weighted by molar-refractivity contribution is -0.130. The second kappa shape index (κ2) is 7.31. The van der Waals surface area contributed by atoms with Crippen LogP contribution in [0.4, 0.5) is 11.4 Å². The van der Waals surface area contributed by atoms with Crippen molar-refractivity contribution in [1.82, 2.24) is 5.32 Å². The summed E-state index contributed by atoms with van der Waals surface area (Å²) in [6.07, 6.45) is 1.27. The number of thiocarbonyl (C=S) groups is 1. The number of carbonyl (C=O) groups excluding carboxylic acids is 2. The second-order valence-electron chi connectivity index (χ2n) is 5.15. The van der Waals surface area contributed by atoms with E-state index in [2.05, 4.69) is 10.3 Å². The zero-order chi connectivity index (χ0) is 18.0. The highest BCUT2D eigenvalue weighted by Gasteiger charge is 2.38. The predicted octanol–water partition coefficient (Wildman–Crippen LogP) is 3.76. The topological polar surface area (TPSA) is 61.8 Å². The van der Waals surface area contributed by atoms with Gasteiger partial charge in [0.15, 0.2) is 11.0 Å². The van der Waals surface area contributed by atoms with Crippen molar-refractivity contribution < 1.29 is 9.59 Å². The molecule has 2 aromatic rings. The fraction of sp³-hybridized carbons (Fsp3) is 0.0588. The standard InChI is InChI=1S/C17H11Cl2N3O2S/c18-10-5-7-11(8-6-10)22-16(24)12(15(23)21-17(22)25)9-20-14-4-2-1-3-13(14)19/h1-9,12H,(H,21,23,25)/t12-/m0/s1. The summed E-state index contributed by atoms with van der Waals surface area (Å²) in [6.45, 7) is 0. The molecule has 1 aliphatic heterocycles. The number of benzene rings is 2. The number of carbonyl (C=O) groups is 2. The first-order valence-corrected chi connectivity index (χ1v) is 8.37. The van der Waals surface area contributed by atoms with Gasteiger partial charge >= 0.3 is 0 Å². The molecule has 126 valence electrons. The van der Waals surface area contributed by atoms with Gasteiger partial charge in [0.2, 0.25) is 5.91 Å². The SMILES string of the molecule is O=C1NC(=S)N(c2ccc(Cl)cc2)C(=O)[C@H]1C=Nc1ccccc1Cl. The Labute approximate surface area is 159 Å². The van der Waals surface area contributed by atoms with Crippen LogP contribution in [0.1, 0.15) is 0 Å². The normalized spacial score (nSPS) is 17.9. The van der Waals surface area contributed by atoms with Gasteiger partial charge in [0.25, 0.3) is 5.91 Å². The quantitative estimate of drug-likeness (QED) is 0.492. The number of nitrogens with zero attached hydrogens (tertiary/aromatic N) is 2. The number of nitrogens with one attached hydrogen (secondary N) is 1. The molecule has 25 heavy (non-hydrogen) atoms. The van der Waals surface area contributed by atoms with E-state index in [4.69, 9.17) is 35.4 Å². The maximum Gasteiger partial charge on any atom is 0.251 e. The Morgan fingerprint density at radius 1 is 1.08 bits per heavy atom. The van der Waals surface area contributed by atoms with Crippen molar-refractivity contribution in [3.63, 3.8) is 0 Å². The molecule has 1 heterocycles. The van der Waals surface area contributed by atoms with Crippen molar-refractivity contribution >= 4 is 69.9 Å². The fourth-order valence-electron chi connectivity index (χ4n) is 2.27. The van der Waals surface area contributed by atoms with Gasteiger partial charge in [0.05, 0.1) is 16.4 Å². The van der Waals surface area contributed by atoms with Crippen molar-refractivity contribution in [3.05, 3.63) is 58.6 Å². The van der Waals surface area contributed by atoms with Crippen molar-refractivity contribution in [2.75, 3.05) is 4.90 Å². The zero-order valence-corrected chi connectivity index (χ0v) is 15.0. The number of hydrogen-bond donors (Lipinski definition) is 1. The Morgan fingerprint density at radius 3 is 2.44 bits per heavy atom. The molecule has 1 saturated heterocycles. The molecule has 0 aliphatic carbocycles. The van der Waals surface area contributed by atoms with Crippen molar-refractivity contribution in [1.29, 1.82) is 0 Å². The molecule has 1 atom stereocenters. The van der Waals surface area contributed by atoms with Gasteiger partial charge in [-0.2, -0.15) is 0 Å². The van der Waals surface area contributed by atoms with Crippen LogP contribution in [-0.4, -0.2) is 23.1 Å². The zero-order valence-electron chi connectivity index (χ0n) is 12.6. The van der Waals surface area contributed by atoms with Crippen molar-refractivity contribution in [3.8, 4) is 0 Å². The highest BCUT2D eigenvalue weighted by atomic mass is 35.5. The van der Waals surface area contributed by atoms with Gasteiger partial charge in [0.1, 0.15) is 0 Å². The van der Waals surface area contributed by atoms with E-state index < -0.39 is 17.7 Å². The molecular weight excluding hydrogens is 381 g/mol. The average Bonchev–Trinajstić information content (AvgIpc) is 2.57. The molecule has 0 spiro atoms. The van der Waals surface area contributed by atoms with Crippen LogP contribution in [0.3, 0.4) is 0 Å². The third-order valence-electron chi connectivity index (χ3n) is 3.50. The molecule has 0 unspecified atom stereocenters. The Bertz CT molecular complexity index is 884. The van der Waals surface area contributed by atoms with Crippen LogP contribution in [-0.2, 0) is 9.59 Å². The van der Waals surface area contributed by atoms with Gasteiger partial charge in [-0.3, -0.25) is 19.5 Å². The molecular formula is C17H11Cl2N3O2S. The summed E-state index contributed by atoms with van der Waals surface area (Å²) >= 11 is 17.0. The first-order chi connectivity index (χ1) is 12.0. The van der Waals surface area contributed by atoms with Crippen LogP contribution in [0.5, 0.6) is 0 Å². The summed E-state index contributed by atoms with van der Waals surface area (Å²) in [4.78, 5) is 30.3. The third kappa shape index (κ3) is 3.71. The largest absolute Gasteiger partial charge is 0.301 e. The summed E-state index contributed by atoms with van der Waals surface area (Å²) in [6, 6.07) is 13.4. The first kappa shape index (κ1) is 17.5. The van der Waals surface area contributed by atoms with E-state index in [1.54, 1.807) is 48.5 Å². The molecule has 1 fully saturated rings. The first-order valence-electron chi connectivity index (χ1n) is 7.20. The maximum atomic E-state index is 12.8. The van der Waals surface area contributed by atoms with Gasteiger partial charge in [0, 0.05) is 11.2 Å². The van der Waals surface area contributed by atoms with Gasteiger partial charge in [-0.05, 0) is 48.6 Å². The Balaban J connectivity index is 1.90. The molecule has 1 aliphatic rings. The summed E-state index contributed by atoms with van der Waals surface area (Å²) in [7, 11) is 0. The number of aliphatic imine (C=N–C) groups is 1. The molecule has 2 amide bonds. The Hall–Kier alpha value is -2.28. The lowest BCUT2D eigenvalue weighted by Crippen LogP contribution is -2.58. The van der Waals surface area contributed by atoms with Gasteiger partial charge in [-0.1, -0.05) is 35.3 Å². The van der Waals surface area contributed by atoms with E-state index in [0.29, 0.717) is 21.4 Å². The van der Waals surface area contributed by atoms with Crippen LogP contribution in [0.15, 0.2) is 53.5 Å². The predicted molar refractivity (Wildman–Crippen MR) is 103 cm³/mol. The number of halogens is 2. The number of amides is 2. The molecule has 5 nitrogen and oxygen atoms in total. The lowest BCUT2D eigenvalue weighted by atomic mass is 10.1. The van der Waals surface area contributed by atoms with Gasteiger partial charge < -0.3 is 5.32 Å². The highest BCUT2D eigenvalue weighted by molar-refractivity contribution is 7.80. The summed E-state index contributed by atoms with van der Waals surface area (Å²) in [5.74, 6) is -2.14. The minimum atomic E-state index is -1.11. The number of anilines is 1. The van der Waals surface area contributed by atoms with Crippen LogP contribution in [0.25, 0.3) is 0 Å². The maximum absolute atomic E-state index is 12.8. The molecule has 2 aromatic carbocycles.